The molecule has 0 unspecified atom stereocenters. The number of thiazole rings is 1. The van der Waals surface area contributed by atoms with Gasteiger partial charge >= 0.3 is 5.97 Å². The second-order valence-electron chi connectivity index (χ2n) is 8.03. The van der Waals surface area contributed by atoms with E-state index >= 15 is 0 Å². The molecule has 0 bridgehead atoms. The molecule has 2 amide bonds. The molecule has 0 saturated carbocycles. The number of rotatable bonds is 10. The van der Waals surface area contributed by atoms with Crippen LogP contribution >= 0.6 is 11.3 Å². The van der Waals surface area contributed by atoms with Crippen molar-refractivity contribution in [2.45, 2.75) is 26.7 Å². The van der Waals surface area contributed by atoms with Gasteiger partial charge in [0.15, 0.2) is 5.13 Å². The van der Waals surface area contributed by atoms with Crippen LogP contribution in [-0.2, 0) is 20.7 Å². The van der Waals surface area contributed by atoms with Gasteiger partial charge in [0.1, 0.15) is 5.69 Å². The first-order chi connectivity index (χ1) is 15.9. The minimum Gasteiger partial charge on any atom is -0.466 e. The topological polar surface area (TPSA) is 110 Å². The Kier molecular flexibility index (Phi) is 8.79. The fraction of sp³-hybridized carbons (Fsp3) is 0.478. The molecule has 2 N–H and O–H groups in total. The molecule has 2 heterocycles. The van der Waals surface area contributed by atoms with E-state index in [-0.39, 0.29) is 24.4 Å². The van der Waals surface area contributed by atoms with Crippen molar-refractivity contribution in [3.63, 3.8) is 0 Å². The Labute approximate surface area is 197 Å². The molecular weight excluding hydrogens is 444 g/mol. The molecule has 2 aromatic rings. The van der Waals surface area contributed by atoms with Gasteiger partial charge < -0.3 is 25.0 Å². The SMILES string of the molecule is COCCNC(=O)c1cc(CCOC(C)=O)ccc1NC(=O)c1csc(N2CC[C@H](C)C2)n1. The van der Waals surface area contributed by atoms with Crippen LogP contribution < -0.4 is 15.5 Å². The Balaban J connectivity index is 1.74. The number of hydrogen-bond acceptors (Lipinski definition) is 8. The van der Waals surface area contributed by atoms with Gasteiger partial charge in [-0.05, 0) is 30.0 Å². The number of methoxy groups -OCH3 is 1. The lowest BCUT2D eigenvalue weighted by atomic mass is 10.1. The van der Waals surface area contributed by atoms with E-state index in [0.717, 1.165) is 30.2 Å². The third-order valence-electron chi connectivity index (χ3n) is 5.28. The number of esters is 1. The molecule has 1 fully saturated rings. The molecular formula is C23H30N4O5S. The largest absolute Gasteiger partial charge is 0.466 e. The van der Waals surface area contributed by atoms with Crippen LogP contribution in [0, 0.1) is 5.92 Å². The van der Waals surface area contributed by atoms with E-state index in [2.05, 4.69) is 27.4 Å². The van der Waals surface area contributed by atoms with Gasteiger partial charge in [-0.15, -0.1) is 11.3 Å². The number of hydrogen-bond donors (Lipinski definition) is 2. The number of nitrogens with one attached hydrogen (secondary N) is 2. The maximum Gasteiger partial charge on any atom is 0.302 e. The van der Waals surface area contributed by atoms with Crippen LogP contribution in [0.15, 0.2) is 23.6 Å². The number of nitrogens with zero attached hydrogens (tertiary/aromatic N) is 2. The van der Waals surface area contributed by atoms with E-state index in [9.17, 15) is 14.4 Å². The summed E-state index contributed by atoms with van der Waals surface area (Å²) in [6.07, 6.45) is 1.57. The molecule has 178 valence electrons. The molecule has 1 saturated heterocycles. The summed E-state index contributed by atoms with van der Waals surface area (Å²) in [4.78, 5) is 43.4. The van der Waals surface area contributed by atoms with Crippen molar-refractivity contribution in [3.05, 3.63) is 40.4 Å². The van der Waals surface area contributed by atoms with E-state index in [1.54, 1.807) is 30.7 Å². The van der Waals surface area contributed by atoms with E-state index in [0.29, 0.717) is 42.4 Å². The van der Waals surface area contributed by atoms with Crippen molar-refractivity contribution < 1.29 is 23.9 Å². The Hall–Kier alpha value is -2.98. The quantitative estimate of drug-likeness (QED) is 0.402. The molecule has 1 aromatic carbocycles. The first kappa shape index (κ1) is 24.7. The highest BCUT2D eigenvalue weighted by Gasteiger charge is 2.23. The molecule has 0 aliphatic carbocycles. The summed E-state index contributed by atoms with van der Waals surface area (Å²) < 4.78 is 9.98. The summed E-state index contributed by atoms with van der Waals surface area (Å²) in [5.41, 5.74) is 1.84. The van der Waals surface area contributed by atoms with Gasteiger partial charge in [-0.25, -0.2) is 4.98 Å². The molecule has 0 radical (unpaired) electrons. The third-order valence-corrected chi connectivity index (χ3v) is 6.19. The van der Waals surface area contributed by atoms with Gasteiger partial charge in [0, 0.05) is 45.5 Å². The molecule has 1 aliphatic heterocycles. The molecule has 0 spiro atoms. The number of ether oxygens (including phenoxy) is 2. The first-order valence-corrected chi connectivity index (χ1v) is 11.8. The molecule has 1 atom stereocenters. The van der Waals surface area contributed by atoms with Gasteiger partial charge in [-0.2, -0.15) is 0 Å². The Bertz CT molecular complexity index is 993. The highest BCUT2D eigenvalue weighted by atomic mass is 32.1. The monoisotopic (exact) mass is 474 g/mol. The normalized spacial score (nSPS) is 15.4. The maximum atomic E-state index is 12.9. The van der Waals surface area contributed by atoms with Crippen molar-refractivity contribution in [2.75, 3.05) is 50.2 Å². The number of anilines is 2. The van der Waals surface area contributed by atoms with E-state index < -0.39 is 0 Å². The number of amides is 2. The van der Waals surface area contributed by atoms with Gasteiger partial charge in [-0.3, -0.25) is 14.4 Å². The minimum absolute atomic E-state index is 0.211. The molecule has 3 rings (SSSR count). The predicted molar refractivity (Wildman–Crippen MR) is 127 cm³/mol. The lowest BCUT2D eigenvalue weighted by Gasteiger charge is -2.14. The molecule has 9 nitrogen and oxygen atoms in total. The smallest absolute Gasteiger partial charge is 0.302 e. The number of benzene rings is 1. The molecule has 10 heteroatoms. The van der Waals surface area contributed by atoms with Crippen LogP contribution in [0.4, 0.5) is 10.8 Å². The average Bonchev–Trinajstić information content (AvgIpc) is 3.43. The Morgan fingerprint density at radius 1 is 1.24 bits per heavy atom. The fourth-order valence-corrected chi connectivity index (χ4v) is 4.37. The predicted octanol–water partition coefficient (Wildman–Crippen LogP) is 2.72. The first-order valence-electron chi connectivity index (χ1n) is 10.9. The second-order valence-corrected chi connectivity index (χ2v) is 8.86. The highest BCUT2D eigenvalue weighted by Crippen LogP contribution is 2.27. The molecule has 33 heavy (non-hydrogen) atoms. The van der Waals surface area contributed by atoms with Crippen molar-refractivity contribution >= 4 is 39.9 Å². The van der Waals surface area contributed by atoms with Crippen molar-refractivity contribution in [2.24, 2.45) is 5.92 Å². The molecule has 1 aromatic heterocycles. The van der Waals surface area contributed by atoms with Crippen LogP contribution in [0.1, 0.15) is 46.7 Å². The van der Waals surface area contributed by atoms with Crippen LogP contribution in [-0.4, -0.2) is 62.7 Å². The molecule has 1 aliphatic rings. The zero-order valence-electron chi connectivity index (χ0n) is 19.2. The second kappa shape index (κ2) is 11.8. The summed E-state index contributed by atoms with van der Waals surface area (Å²) in [6.45, 7) is 6.35. The van der Waals surface area contributed by atoms with Crippen LogP contribution in [0.3, 0.4) is 0 Å². The van der Waals surface area contributed by atoms with Crippen molar-refractivity contribution in [1.82, 2.24) is 10.3 Å². The Morgan fingerprint density at radius 3 is 2.76 bits per heavy atom. The summed E-state index contributed by atoms with van der Waals surface area (Å²) in [6, 6.07) is 5.17. The lowest BCUT2D eigenvalue weighted by molar-refractivity contribution is -0.140. The summed E-state index contributed by atoms with van der Waals surface area (Å²) >= 11 is 1.45. The summed E-state index contributed by atoms with van der Waals surface area (Å²) in [7, 11) is 1.55. The highest BCUT2D eigenvalue weighted by molar-refractivity contribution is 7.14. The van der Waals surface area contributed by atoms with E-state index in [1.165, 1.54) is 18.3 Å². The standard InChI is InChI=1S/C23H30N4O5S/c1-15-6-9-27(13-15)23-26-20(14-33-23)22(30)25-19-5-4-17(7-10-32-16(2)28)12-18(19)21(29)24-8-11-31-3/h4-5,12,14-15H,6-11,13H2,1-3H3,(H,24,29)(H,25,30)/t15-/m0/s1. The number of carbonyl (C=O) groups excluding carboxylic acids is 3. The van der Waals surface area contributed by atoms with Gasteiger partial charge in [-0.1, -0.05) is 13.0 Å². The average molecular weight is 475 g/mol. The van der Waals surface area contributed by atoms with Crippen LogP contribution in [0.25, 0.3) is 0 Å². The minimum atomic E-state index is -0.372. The summed E-state index contributed by atoms with van der Waals surface area (Å²) in [5.74, 6) is -0.447. The lowest BCUT2D eigenvalue weighted by Crippen LogP contribution is -2.28. The third kappa shape index (κ3) is 7.00. The number of carbonyl (C=O) groups is 3. The van der Waals surface area contributed by atoms with Crippen molar-refractivity contribution in [1.29, 1.82) is 0 Å². The number of aromatic nitrogens is 1. The zero-order valence-corrected chi connectivity index (χ0v) is 20.0. The summed E-state index contributed by atoms with van der Waals surface area (Å²) in [5, 5.41) is 8.17. The van der Waals surface area contributed by atoms with Crippen LogP contribution in [0.5, 0.6) is 0 Å². The van der Waals surface area contributed by atoms with E-state index in [1.807, 2.05) is 0 Å². The van der Waals surface area contributed by atoms with Crippen LogP contribution in [0.2, 0.25) is 0 Å². The van der Waals surface area contributed by atoms with Gasteiger partial charge in [0.25, 0.3) is 11.8 Å². The Morgan fingerprint density at radius 2 is 2.06 bits per heavy atom. The maximum absolute atomic E-state index is 12.9. The zero-order chi connectivity index (χ0) is 23.8. The van der Waals surface area contributed by atoms with Crippen molar-refractivity contribution in [3.8, 4) is 0 Å². The van der Waals surface area contributed by atoms with Gasteiger partial charge in [0.05, 0.1) is 24.5 Å². The fourth-order valence-electron chi connectivity index (χ4n) is 3.53. The van der Waals surface area contributed by atoms with Gasteiger partial charge in [0.2, 0.25) is 0 Å². The van der Waals surface area contributed by atoms with E-state index in [4.69, 9.17) is 9.47 Å².